The third-order valence-electron chi connectivity index (χ3n) is 3.32. The molecular formula is C18H18FNO4. The fraction of sp³-hybridized carbons (Fsp3) is 0.222. The van der Waals surface area contributed by atoms with Gasteiger partial charge in [0.1, 0.15) is 18.5 Å². The summed E-state index contributed by atoms with van der Waals surface area (Å²) in [5, 5.41) is 2.45. The predicted octanol–water partition coefficient (Wildman–Crippen LogP) is 2.84. The average Bonchev–Trinajstić information content (AvgIpc) is 2.59. The summed E-state index contributed by atoms with van der Waals surface area (Å²) in [7, 11) is 1.22. The van der Waals surface area contributed by atoms with Crippen LogP contribution in [0.15, 0.2) is 54.6 Å². The van der Waals surface area contributed by atoms with Gasteiger partial charge in [0, 0.05) is 6.42 Å². The van der Waals surface area contributed by atoms with E-state index in [-0.39, 0.29) is 13.0 Å². The number of amides is 1. The van der Waals surface area contributed by atoms with Gasteiger partial charge in [0.25, 0.3) is 0 Å². The molecule has 24 heavy (non-hydrogen) atoms. The number of alkyl carbamates (subject to hydrolysis) is 1. The molecule has 0 unspecified atom stereocenters. The molecule has 0 saturated heterocycles. The molecule has 126 valence electrons. The standard InChI is InChI=1S/C18H18FNO4/c1-23-17(21)16(11-14-8-5-9-15(19)10-14)20-18(22)24-12-13-6-3-2-4-7-13/h2-10,16H,11-12H2,1H3,(H,20,22)/t16-/m0/s1. The maximum atomic E-state index is 13.2. The third-order valence-corrected chi connectivity index (χ3v) is 3.32. The highest BCUT2D eigenvalue weighted by molar-refractivity contribution is 5.81. The highest BCUT2D eigenvalue weighted by atomic mass is 19.1. The Bertz CT molecular complexity index is 690. The van der Waals surface area contributed by atoms with Crippen LogP contribution in [-0.2, 0) is 27.3 Å². The molecule has 0 radical (unpaired) electrons. The van der Waals surface area contributed by atoms with E-state index >= 15 is 0 Å². The number of nitrogens with one attached hydrogen (secondary N) is 1. The molecule has 2 aromatic carbocycles. The van der Waals surface area contributed by atoms with Crippen molar-refractivity contribution in [1.29, 1.82) is 0 Å². The van der Waals surface area contributed by atoms with Crippen molar-refractivity contribution >= 4 is 12.1 Å². The lowest BCUT2D eigenvalue weighted by atomic mass is 10.1. The Kier molecular flexibility index (Phi) is 6.31. The van der Waals surface area contributed by atoms with Crippen LogP contribution in [0.25, 0.3) is 0 Å². The molecule has 1 N–H and O–H groups in total. The van der Waals surface area contributed by atoms with E-state index in [1.54, 1.807) is 6.07 Å². The van der Waals surface area contributed by atoms with Crippen molar-refractivity contribution in [1.82, 2.24) is 5.32 Å². The summed E-state index contributed by atoms with van der Waals surface area (Å²) in [4.78, 5) is 23.7. The average molecular weight is 331 g/mol. The number of methoxy groups -OCH3 is 1. The van der Waals surface area contributed by atoms with E-state index in [1.807, 2.05) is 30.3 Å². The second-order valence-corrected chi connectivity index (χ2v) is 5.12. The van der Waals surface area contributed by atoms with Gasteiger partial charge in [-0.05, 0) is 23.3 Å². The van der Waals surface area contributed by atoms with Gasteiger partial charge < -0.3 is 14.8 Å². The maximum absolute atomic E-state index is 13.2. The first-order valence-corrected chi connectivity index (χ1v) is 7.38. The minimum Gasteiger partial charge on any atom is -0.467 e. The third kappa shape index (κ3) is 5.39. The van der Waals surface area contributed by atoms with E-state index in [2.05, 4.69) is 10.1 Å². The fourth-order valence-corrected chi connectivity index (χ4v) is 2.14. The quantitative estimate of drug-likeness (QED) is 0.827. The Labute approximate surface area is 139 Å². The summed E-state index contributed by atoms with van der Waals surface area (Å²) < 4.78 is 23.0. The summed E-state index contributed by atoms with van der Waals surface area (Å²) in [6.45, 7) is 0.0839. The second-order valence-electron chi connectivity index (χ2n) is 5.12. The van der Waals surface area contributed by atoms with E-state index in [0.717, 1.165) is 5.56 Å². The van der Waals surface area contributed by atoms with Crippen molar-refractivity contribution < 1.29 is 23.5 Å². The first kappa shape index (κ1) is 17.5. The molecule has 0 bridgehead atoms. The predicted molar refractivity (Wildman–Crippen MR) is 85.7 cm³/mol. The number of benzene rings is 2. The molecule has 0 fully saturated rings. The molecule has 5 nitrogen and oxygen atoms in total. The first-order valence-electron chi connectivity index (χ1n) is 7.38. The van der Waals surface area contributed by atoms with Gasteiger partial charge in [-0.3, -0.25) is 0 Å². The second kappa shape index (κ2) is 8.67. The van der Waals surface area contributed by atoms with E-state index in [0.29, 0.717) is 5.56 Å². The zero-order valence-electron chi connectivity index (χ0n) is 13.2. The fourth-order valence-electron chi connectivity index (χ4n) is 2.14. The number of hydrogen-bond donors (Lipinski definition) is 1. The molecule has 0 aliphatic heterocycles. The number of carbonyl (C=O) groups is 2. The van der Waals surface area contributed by atoms with Gasteiger partial charge in [-0.1, -0.05) is 42.5 Å². The molecule has 0 saturated carbocycles. The summed E-state index contributed by atoms with van der Waals surface area (Å²) in [5.74, 6) is -1.04. The van der Waals surface area contributed by atoms with Crippen molar-refractivity contribution in [3.8, 4) is 0 Å². The van der Waals surface area contributed by atoms with Gasteiger partial charge in [-0.2, -0.15) is 0 Å². The lowest BCUT2D eigenvalue weighted by Gasteiger charge is -2.16. The summed E-state index contributed by atoms with van der Waals surface area (Å²) in [6.07, 6.45) is -0.643. The normalized spacial score (nSPS) is 11.4. The minimum absolute atomic E-state index is 0.0839. The van der Waals surface area contributed by atoms with Crippen molar-refractivity contribution in [3.05, 3.63) is 71.5 Å². The van der Waals surface area contributed by atoms with E-state index in [9.17, 15) is 14.0 Å². The van der Waals surface area contributed by atoms with Crippen LogP contribution in [0.3, 0.4) is 0 Å². The molecule has 6 heteroatoms. The van der Waals surface area contributed by atoms with Crippen LogP contribution in [0.1, 0.15) is 11.1 Å². The van der Waals surface area contributed by atoms with Crippen molar-refractivity contribution in [3.63, 3.8) is 0 Å². The van der Waals surface area contributed by atoms with Gasteiger partial charge in [-0.25, -0.2) is 14.0 Å². The monoisotopic (exact) mass is 331 g/mol. The van der Waals surface area contributed by atoms with Crippen LogP contribution in [-0.4, -0.2) is 25.2 Å². The number of ether oxygens (including phenoxy) is 2. The number of carbonyl (C=O) groups excluding carboxylic acids is 2. The van der Waals surface area contributed by atoms with Crippen LogP contribution in [0.5, 0.6) is 0 Å². The zero-order chi connectivity index (χ0) is 17.4. The molecule has 0 aliphatic carbocycles. The lowest BCUT2D eigenvalue weighted by molar-refractivity contribution is -0.143. The number of halogens is 1. The summed E-state index contributed by atoms with van der Waals surface area (Å²) in [5.41, 5.74) is 1.39. The molecule has 2 rings (SSSR count). The van der Waals surface area contributed by atoms with Crippen LogP contribution in [0, 0.1) is 5.82 Å². The SMILES string of the molecule is COC(=O)[C@H](Cc1cccc(F)c1)NC(=O)OCc1ccccc1. The van der Waals surface area contributed by atoms with Crippen LogP contribution < -0.4 is 5.32 Å². The molecule has 1 atom stereocenters. The molecule has 0 heterocycles. The maximum Gasteiger partial charge on any atom is 0.408 e. The Morgan fingerprint density at radius 1 is 1.08 bits per heavy atom. The largest absolute Gasteiger partial charge is 0.467 e. The Balaban J connectivity index is 1.95. The molecular weight excluding hydrogens is 313 g/mol. The Morgan fingerprint density at radius 2 is 1.79 bits per heavy atom. The number of esters is 1. The van der Waals surface area contributed by atoms with Gasteiger partial charge in [0.2, 0.25) is 0 Å². The smallest absolute Gasteiger partial charge is 0.408 e. The summed E-state index contributed by atoms with van der Waals surface area (Å²) >= 11 is 0. The topological polar surface area (TPSA) is 64.6 Å². The van der Waals surface area contributed by atoms with Crippen LogP contribution in [0.2, 0.25) is 0 Å². The van der Waals surface area contributed by atoms with Crippen LogP contribution >= 0.6 is 0 Å². The van der Waals surface area contributed by atoms with E-state index in [1.165, 1.54) is 25.3 Å². The van der Waals surface area contributed by atoms with E-state index < -0.39 is 23.9 Å². The molecule has 1 amide bonds. The van der Waals surface area contributed by atoms with Gasteiger partial charge in [0.15, 0.2) is 0 Å². The molecule has 2 aromatic rings. The Hall–Kier alpha value is -2.89. The Morgan fingerprint density at radius 3 is 2.46 bits per heavy atom. The first-order chi connectivity index (χ1) is 11.6. The number of hydrogen-bond acceptors (Lipinski definition) is 4. The number of rotatable bonds is 6. The van der Waals surface area contributed by atoms with Crippen molar-refractivity contribution in [2.45, 2.75) is 19.1 Å². The molecule has 0 aromatic heterocycles. The van der Waals surface area contributed by atoms with Crippen LogP contribution in [0.4, 0.5) is 9.18 Å². The van der Waals surface area contributed by atoms with E-state index in [4.69, 9.17) is 4.74 Å². The molecule has 0 aliphatic rings. The summed E-state index contributed by atoms with van der Waals surface area (Å²) in [6, 6.07) is 14.0. The van der Waals surface area contributed by atoms with Gasteiger partial charge >= 0.3 is 12.1 Å². The molecule has 0 spiro atoms. The van der Waals surface area contributed by atoms with Crippen molar-refractivity contribution in [2.75, 3.05) is 7.11 Å². The lowest BCUT2D eigenvalue weighted by Crippen LogP contribution is -2.43. The van der Waals surface area contributed by atoms with Gasteiger partial charge in [-0.15, -0.1) is 0 Å². The van der Waals surface area contributed by atoms with Gasteiger partial charge in [0.05, 0.1) is 7.11 Å². The zero-order valence-corrected chi connectivity index (χ0v) is 13.2. The van der Waals surface area contributed by atoms with Crippen molar-refractivity contribution in [2.24, 2.45) is 0 Å². The highest BCUT2D eigenvalue weighted by Gasteiger charge is 2.22. The highest BCUT2D eigenvalue weighted by Crippen LogP contribution is 2.08. The minimum atomic E-state index is -0.958.